The average Bonchev–Trinajstić information content (AvgIpc) is 3.23. The molecule has 0 aromatic heterocycles. The summed E-state index contributed by atoms with van der Waals surface area (Å²) < 4.78 is 1.12. The van der Waals surface area contributed by atoms with Crippen molar-refractivity contribution in [1.29, 1.82) is 0 Å². The summed E-state index contributed by atoms with van der Waals surface area (Å²) in [5.41, 5.74) is 7.03. The van der Waals surface area contributed by atoms with Crippen molar-refractivity contribution in [3.63, 3.8) is 0 Å². The van der Waals surface area contributed by atoms with Crippen molar-refractivity contribution in [3.05, 3.63) is 69.7 Å². The van der Waals surface area contributed by atoms with Crippen molar-refractivity contribution in [2.45, 2.75) is 25.3 Å². The van der Waals surface area contributed by atoms with Crippen LogP contribution in [0.2, 0.25) is 0 Å². The van der Waals surface area contributed by atoms with Crippen LogP contribution >= 0.6 is 15.9 Å². The molecule has 0 radical (unpaired) electrons. The number of hydrazine groups is 1. The molecule has 1 saturated carbocycles. The molecule has 1 aliphatic rings. The molecule has 0 heterocycles. The highest BCUT2D eigenvalue weighted by Gasteiger charge is 2.44. The van der Waals surface area contributed by atoms with Gasteiger partial charge in [-0.15, -0.1) is 0 Å². The number of nitrogens with one attached hydrogen (secondary N) is 1. The van der Waals surface area contributed by atoms with Crippen LogP contribution in [0.5, 0.6) is 0 Å². The third kappa shape index (κ3) is 2.66. The molecule has 1 aliphatic carbocycles. The molecular formula is C17H19BrN2. The van der Waals surface area contributed by atoms with Crippen LogP contribution in [0.3, 0.4) is 0 Å². The number of nitrogens with two attached hydrogens (primary N) is 1. The fraction of sp³-hybridized carbons (Fsp3) is 0.294. The largest absolute Gasteiger partial charge is 0.271 e. The van der Waals surface area contributed by atoms with Gasteiger partial charge in [-0.25, -0.2) is 0 Å². The lowest BCUT2D eigenvalue weighted by Crippen LogP contribution is -2.30. The van der Waals surface area contributed by atoms with Crippen LogP contribution in [0.4, 0.5) is 0 Å². The smallest absolute Gasteiger partial charge is 0.0496 e. The molecule has 2 aromatic carbocycles. The second kappa shape index (κ2) is 5.68. The number of aryl methyl sites for hydroxylation is 1. The van der Waals surface area contributed by atoms with Crippen molar-refractivity contribution in [1.82, 2.24) is 5.43 Å². The van der Waals surface area contributed by atoms with Crippen LogP contribution in [0, 0.1) is 12.8 Å². The second-order valence-electron chi connectivity index (χ2n) is 5.56. The standard InChI is InChI=1S/C17H19BrN2/c1-11-9-13(18)7-8-14(11)17(20-19)16-10-15(16)12-5-3-2-4-6-12/h2-9,15-17,20H,10,19H2,1H3. The summed E-state index contributed by atoms with van der Waals surface area (Å²) in [6, 6.07) is 17.4. The van der Waals surface area contributed by atoms with Gasteiger partial charge in [0.2, 0.25) is 0 Å². The summed E-state index contributed by atoms with van der Waals surface area (Å²) >= 11 is 3.52. The number of hydrogen-bond donors (Lipinski definition) is 2. The molecule has 3 atom stereocenters. The highest BCUT2D eigenvalue weighted by Crippen LogP contribution is 2.54. The van der Waals surface area contributed by atoms with Crippen molar-refractivity contribution in [2.75, 3.05) is 0 Å². The molecule has 0 saturated heterocycles. The summed E-state index contributed by atoms with van der Waals surface area (Å²) in [6.45, 7) is 2.14. The molecule has 0 bridgehead atoms. The van der Waals surface area contributed by atoms with E-state index in [1.54, 1.807) is 0 Å². The van der Waals surface area contributed by atoms with Gasteiger partial charge < -0.3 is 0 Å². The monoisotopic (exact) mass is 330 g/mol. The Morgan fingerprint density at radius 2 is 1.95 bits per heavy atom. The minimum Gasteiger partial charge on any atom is -0.271 e. The minimum absolute atomic E-state index is 0.230. The normalized spacial score (nSPS) is 22.6. The Labute approximate surface area is 128 Å². The van der Waals surface area contributed by atoms with E-state index in [0.717, 1.165) is 4.47 Å². The molecule has 2 nitrogen and oxygen atoms in total. The summed E-state index contributed by atoms with van der Waals surface area (Å²) in [6.07, 6.45) is 1.20. The second-order valence-corrected chi connectivity index (χ2v) is 6.48. The van der Waals surface area contributed by atoms with Crippen LogP contribution in [0.15, 0.2) is 53.0 Å². The summed E-state index contributed by atoms with van der Waals surface area (Å²) in [7, 11) is 0. The fourth-order valence-electron chi connectivity index (χ4n) is 3.10. The molecule has 3 N–H and O–H groups in total. The van der Waals surface area contributed by atoms with E-state index in [2.05, 4.69) is 76.8 Å². The number of rotatable bonds is 4. The molecule has 1 fully saturated rings. The van der Waals surface area contributed by atoms with Crippen LogP contribution in [-0.2, 0) is 0 Å². The molecule has 3 heteroatoms. The maximum atomic E-state index is 5.83. The third-order valence-electron chi connectivity index (χ3n) is 4.24. The van der Waals surface area contributed by atoms with Gasteiger partial charge >= 0.3 is 0 Å². The van der Waals surface area contributed by atoms with Gasteiger partial charge in [-0.1, -0.05) is 52.3 Å². The quantitative estimate of drug-likeness (QED) is 0.655. The summed E-state index contributed by atoms with van der Waals surface area (Å²) in [5, 5.41) is 0. The highest BCUT2D eigenvalue weighted by atomic mass is 79.9. The molecule has 0 amide bonds. The van der Waals surface area contributed by atoms with Gasteiger partial charge in [-0.05, 0) is 54.0 Å². The first kappa shape index (κ1) is 13.8. The Bertz CT molecular complexity index is 597. The van der Waals surface area contributed by atoms with Gasteiger partial charge in [-0.2, -0.15) is 0 Å². The Morgan fingerprint density at radius 3 is 2.60 bits per heavy atom. The molecular weight excluding hydrogens is 312 g/mol. The Morgan fingerprint density at radius 1 is 1.20 bits per heavy atom. The average molecular weight is 331 g/mol. The molecule has 0 aliphatic heterocycles. The predicted molar refractivity (Wildman–Crippen MR) is 86.2 cm³/mol. The summed E-state index contributed by atoms with van der Waals surface area (Å²) in [4.78, 5) is 0. The zero-order valence-corrected chi connectivity index (χ0v) is 13.1. The maximum absolute atomic E-state index is 5.83. The number of halogens is 1. The van der Waals surface area contributed by atoms with Gasteiger partial charge in [0, 0.05) is 10.5 Å². The maximum Gasteiger partial charge on any atom is 0.0496 e. The zero-order chi connectivity index (χ0) is 14.1. The van der Waals surface area contributed by atoms with Gasteiger partial charge in [-0.3, -0.25) is 11.3 Å². The molecule has 0 spiro atoms. The van der Waals surface area contributed by atoms with E-state index in [1.165, 1.54) is 23.1 Å². The van der Waals surface area contributed by atoms with Crippen molar-refractivity contribution in [2.24, 2.45) is 11.8 Å². The minimum atomic E-state index is 0.230. The molecule has 3 rings (SSSR count). The molecule has 104 valence electrons. The van der Waals surface area contributed by atoms with E-state index >= 15 is 0 Å². The van der Waals surface area contributed by atoms with Crippen LogP contribution in [-0.4, -0.2) is 0 Å². The number of benzene rings is 2. The van der Waals surface area contributed by atoms with Crippen molar-refractivity contribution in [3.8, 4) is 0 Å². The van der Waals surface area contributed by atoms with Gasteiger partial charge in [0.05, 0.1) is 0 Å². The third-order valence-corrected chi connectivity index (χ3v) is 4.74. The van der Waals surface area contributed by atoms with Crippen LogP contribution in [0.25, 0.3) is 0 Å². The Hall–Kier alpha value is -1.16. The lowest BCUT2D eigenvalue weighted by atomic mass is 9.96. The van der Waals surface area contributed by atoms with Crippen molar-refractivity contribution < 1.29 is 0 Å². The van der Waals surface area contributed by atoms with Crippen molar-refractivity contribution >= 4 is 15.9 Å². The van der Waals surface area contributed by atoms with Gasteiger partial charge in [0.25, 0.3) is 0 Å². The molecule has 2 aromatic rings. The first-order valence-electron chi connectivity index (χ1n) is 6.98. The van der Waals surface area contributed by atoms with Crippen LogP contribution < -0.4 is 11.3 Å². The lowest BCUT2D eigenvalue weighted by molar-refractivity contribution is 0.485. The fourth-order valence-corrected chi connectivity index (χ4v) is 3.57. The van der Waals surface area contributed by atoms with Crippen LogP contribution in [0.1, 0.15) is 35.1 Å². The van der Waals surface area contributed by atoms with E-state index in [-0.39, 0.29) is 6.04 Å². The van der Waals surface area contributed by atoms with Gasteiger partial charge in [0.15, 0.2) is 0 Å². The van der Waals surface area contributed by atoms with E-state index in [9.17, 15) is 0 Å². The lowest BCUT2D eigenvalue weighted by Gasteiger charge is -2.19. The van der Waals surface area contributed by atoms with E-state index in [0.29, 0.717) is 11.8 Å². The first-order valence-corrected chi connectivity index (χ1v) is 7.77. The SMILES string of the molecule is Cc1cc(Br)ccc1C(NN)C1CC1c1ccccc1. The molecule has 3 unspecified atom stereocenters. The van der Waals surface area contributed by atoms with Gasteiger partial charge in [0.1, 0.15) is 0 Å². The first-order chi connectivity index (χ1) is 9.70. The highest BCUT2D eigenvalue weighted by molar-refractivity contribution is 9.10. The molecule has 20 heavy (non-hydrogen) atoms. The van der Waals surface area contributed by atoms with E-state index < -0.39 is 0 Å². The topological polar surface area (TPSA) is 38.0 Å². The predicted octanol–water partition coefficient (Wildman–Crippen LogP) is 4.07. The Balaban J connectivity index is 1.82. The number of hydrogen-bond acceptors (Lipinski definition) is 2. The van der Waals surface area contributed by atoms with E-state index in [1.807, 2.05) is 0 Å². The van der Waals surface area contributed by atoms with E-state index in [4.69, 9.17) is 5.84 Å². The summed E-state index contributed by atoms with van der Waals surface area (Å²) in [5.74, 6) is 7.04. The zero-order valence-electron chi connectivity index (χ0n) is 11.5. The Kier molecular flexibility index (Phi) is 3.92.